The molecule has 5 nitrogen and oxygen atoms in total. The molecule has 136 valence electrons. The standard InChI is InChI=1S/C19H20FN3O2S/c1-12-4-2-3-9-19(12)17(24)23(18(25)22-19)10-15-11-26-16(21-15)13-5-7-14(20)8-6-13/h5-8,11-12H,2-4,9-10H2,1H3,(H,22,25). The van der Waals surface area contributed by atoms with E-state index in [9.17, 15) is 14.0 Å². The maximum Gasteiger partial charge on any atom is 0.325 e. The highest BCUT2D eigenvalue weighted by Gasteiger charge is 2.54. The molecule has 2 fully saturated rings. The Bertz CT molecular complexity index is 851. The summed E-state index contributed by atoms with van der Waals surface area (Å²) in [5, 5.41) is 5.54. The first-order valence-corrected chi connectivity index (χ1v) is 9.72. The van der Waals surface area contributed by atoms with E-state index >= 15 is 0 Å². The Morgan fingerprint density at radius 3 is 2.81 bits per heavy atom. The lowest BCUT2D eigenvalue weighted by molar-refractivity contribution is -0.134. The summed E-state index contributed by atoms with van der Waals surface area (Å²) in [7, 11) is 0. The first-order valence-electron chi connectivity index (χ1n) is 8.84. The van der Waals surface area contributed by atoms with Gasteiger partial charge in [0.2, 0.25) is 0 Å². The van der Waals surface area contributed by atoms with Gasteiger partial charge in [0.1, 0.15) is 16.4 Å². The van der Waals surface area contributed by atoms with Crippen molar-refractivity contribution in [3.05, 3.63) is 41.2 Å². The van der Waals surface area contributed by atoms with E-state index in [-0.39, 0.29) is 30.2 Å². The molecule has 0 radical (unpaired) electrons. The lowest BCUT2D eigenvalue weighted by Crippen LogP contribution is -2.53. The van der Waals surface area contributed by atoms with Crippen LogP contribution in [0.5, 0.6) is 0 Å². The molecule has 1 saturated carbocycles. The molecule has 1 aliphatic heterocycles. The molecule has 0 bridgehead atoms. The number of benzene rings is 1. The zero-order valence-electron chi connectivity index (χ0n) is 14.5. The van der Waals surface area contributed by atoms with Crippen LogP contribution in [0.4, 0.5) is 9.18 Å². The number of rotatable bonds is 3. The Kier molecular flexibility index (Phi) is 4.26. The van der Waals surface area contributed by atoms with Gasteiger partial charge in [-0.2, -0.15) is 0 Å². The van der Waals surface area contributed by atoms with Crippen molar-refractivity contribution in [1.82, 2.24) is 15.2 Å². The van der Waals surface area contributed by atoms with Gasteiger partial charge in [-0.1, -0.05) is 19.8 Å². The fraction of sp³-hybridized carbons (Fsp3) is 0.421. The van der Waals surface area contributed by atoms with Crippen LogP contribution in [0, 0.1) is 11.7 Å². The molecule has 1 spiro atoms. The highest BCUT2D eigenvalue weighted by molar-refractivity contribution is 7.13. The van der Waals surface area contributed by atoms with Gasteiger partial charge in [-0.15, -0.1) is 11.3 Å². The molecule has 1 aromatic carbocycles. The van der Waals surface area contributed by atoms with Crippen LogP contribution in [0.15, 0.2) is 29.6 Å². The number of urea groups is 1. The number of carbonyl (C=O) groups is 2. The third-order valence-corrected chi connectivity index (χ3v) is 6.40. The van der Waals surface area contributed by atoms with E-state index in [1.807, 2.05) is 12.3 Å². The molecule has 2 atom stereocenters. The van der Waals surface area contributed by atoms with Crippen LogP contribution in [0.2, 0.25) is 0 Å². The molecule has 1 aliphatic carbocycles. The van der Waals surface area contributed by atoms with Gasteiger partial charge in [0.25, 0.3) is 5.91 Å². The van der Waals surface area contributed by atoms with Gasteiger partial charge < -0.3 is 5.32 Å². The Balaban J connectivity index is 1.53. The van der Waals surface area contributed by atoms with Crippen LogP contribution < -0.4 is 5.32 Å². The molecule has 2 aliphatic rings. The van der Waals surface area contributed by atoms with Crippen LogP contribution in [0.1, 0.15) is 38.3 Å². The van der Waals surface area contributed by atoms with Crippen molar-refractivity contribution in [2.45, 2.75) is 44.7 Å². The second kappa shape index (κ2) is 6.46. The van der Waals surface area contributed by atoms with Crippen molar-refractivity contribution in [1.29, 1.82) is 0 Å². The smallest absolute Gasteiger partial charge is 0.323 e. The van der Waals surface area contributed by atoms with Gasteiger partial charge in [-0.3, -0.25) is 9.69 Å². The second-order valence-corrected chi connectivity index (χ2v) is 7.95. The van der Waals surface area contributed by atoms with E-state index in [1.165, 1.54) is 28.4 Å². The molecule has 2 aromatic rings. The zero-order valence-corrected chi connectivity index (χ0v) is 15.3. The minimum Gasteiger partial charge on any atom is -0.323 e. The number of hydrogen-bond acceptors (Lipinski definition) is 4. The van der Waals surface area contributed by atoms with Crippen molar-refractivity contribution in [3.63, 3.8) is 0 Å². The van der Waals surface area contributed by atoms with Gasteiger partial charge in [-0.25, -0.2) is 14.2 Å². The Morgan fingerprint density at radius 2 is 2.08 bits per heavy atom. The number of nitrogens with zero attached hydrogens (tertiary/aromatic N) is 2. The summed E-state index contributed by atoms with van der Waals surface area (Å²) >= 11 is 1.42. The number of hydrogen-bond donors (Lipinski definition) is 1. The maximum absolute atomic E-state index is 13.1. The highest BCUT2D eigenvalue weighted by atomic mass is 32.1. The normalized spacial score (nSPS) is 25.8. The Hall–Kier alpha value is -2.28. The summed E-state index contributed by atoms with van der Waals surface area (Å²) in [4.78, 5) is 31.2. The molecule has 7 heteroatoms. The average molecular weight is 373 g/mol. The van der Waals surface area contributed by atoms with Crippen molar-refractivity contribution >= 4 is 23.3 Å². The number of nitrogens with one attached hydrogen (secondary N) is 1. The van der Waals surface area contributed by atoms with E-state index in [1.54, 1.807) is 12.1 Å². The summed E-state index contributed by atoms with van der Waals surface area (Å²) < 4.78 is 13.1. The monoisotopic (exact) mass is 373 g/mol. The maximum atomic E-state index is 13.1. The second-order valence-electron chi connectivity index (χ2n) is 7.09. The van der Waals surface area contributed by atoms with Gasteiger partial charge in [0.05, 0.1) is 12.2 Å². The van der Waals surface area contributed by atoms with Crippen molar-refractivity contribution in [2.75, 3.05) is 0 Å². The third-order valence-electron chi connectivity index (χ3n) is 5.46. The lowest BCUT2D eigenvalue weighted by atomic mass is 9.73. The Labute approximate surface area is 155 Å². The molecule has 2 heterocycles. The summed E-state index contributed by atoms with van der Waals surface area (Å²) in [6, 6.07) is 5.79. The minimum absolute atomic E-state index is 0.133. The SMILES string of the molecule is CC1CCCCC12NC(=O)N(Cc1csc(-c3ccc(F)cc3)n1)C2=O. The van der Waals surface area contributed by atoms with Gasteiger partial charge >= 0.3 is 6.03 Å². The fourth-order valence-corrected chi connectivity index (χ4v) is 4.72. The molecule has 2 unspecified atom stereocenters. The lowest BCUT2D eigenvalue weighted by Gasteiger charge is -2.36. The molecule has 1 saturated heterocycles. The number of halogens is 1. The molecular weight excluding hydrogens is 353 g/mol. The van der Waals surface area contributed by atoms with Crippen molar-refractivity contribution in [3.8, 4) is 10.6 Å². The topological polar surface area (TPSA) is 62.3 Å². The quantitative estimate of drug-likeness (QED) is 0.829. The summed E-state index contributed by atoms with van der Waals surface area (Å²) in [5.74, 6) is -0.286. The first-order chi connectivity index (χ1) is 12.5. The van der Waals surface area contributed by atoms with E-state index in [2.05, 4.69) is 10.3 Å². The highest BCUT2D eigenvalue weighted by Crippen LogP contribution is 2.38. The van der Waals surface area contributed by atoms with Crippen LogP contribution >= 0.6 is 11.3 Å². The number of carbonyl (C=O) groups excluding carboxylic acids is 2. The van der Waals surface area contributed by atoms with Crippen molar-refractivity contribution in [2.24, 2.45) is 5.92 Å². The largest absolute Gasteiger partial charge is 0.325 e. The van der Waals surface area contributed by atoms with E-state index in [4.69, 9.17) is 0 Å². The van der Waals surface area contributed by atoms with Crippen LogP contribution in [-0.2, 0) is 11.3 Å². The third kappa shape index (κ3) is 2.80. The summed E-state index contributed by atoms with van der Waals surface area (Å²) in [6.45, 7) is 2.20. The summed E-state index contributed by atoms with van der Waals surface area (Å²) in [6.07, 6.45) is 3.70. The van der Waals surface area contributed by atoms with Gasteiger partial charge in [0, 0.05) is 10.9 Å². The number of aromatic nitrogens is 1. The fourth-order valence-electron chi connectivity index (χ4n) is 3.91. The van der Waals surface area contributed by atoms with Crippen LogP contribution in [-0.4, -0.2) is 27.4 Å². The van der Waals surface area contributed by atoms with E-state index < -0.39 is 5.54 Å². The van der Waals surface area contributed by atoms with Crippen LogP contribution in [0.3, 0.4) is 0 Å². The minimum atomic E-state index is -0.745. The molecule has 1 N–H and O–H groups in total. The number of imide groups is 1. The molecule has 26 heavy (non-hydrogen) atoms. The molecule has 3 amide bonds. The van der Waals surface area contributed by atoms with E-state index in [0.29, 0.717) is 12.1 Å². The zero-order chi connectivity index (χ0) is 18.3. The molecule has 1 aromatic heterocycles. The molecule has 4 rings (SSSR count). The van der Waals surface area contributed by atoms with Gasteiger partial charge in [0.15, 0.2) is 0 Å². The predicted octanol–water partition coefficient (Wildman–Crippen LogP) is 3.95. The number of amides is 3. The van der Waals surface area contributed by atoms with Crippen molar-refractivity contribution < 1.29 is 14.0 Å². The number of thiazole rings is 1. The summed E-state index contributed by atoms with van der Waals surface area (Å²) in [5.41, 5.74) is 0.737. The van der Waals surface area contributed by atoms with E-state index in [0.717, 1.165) is 29.8 Å². The first kappa shape index (κ1) is 17.1. The molecular formula is C19H20FN3O2S. The van der Waals surface area contributed by atoms with Gasteiger partial charge in [-0.05, 0) is 43.0 Å². The predicted molar refractivity (Wildman–Crippen MR) is 97.0 cm³/mol. The Morgan fingerprint density at radius 1 is 1.31 bits per heavy atom. The average Bonchev–Trinajstić information content (AvgIpc) is 3.18. The van der Waals surface area contributed by atoms with Crippen LogP contribution in [0.25, 0.3) is 10.6 Å².